The number of benzene rings is 2. The van der Waals surface area contributed by atoms with Gasteiger partial charge in [0.25, 0.3) is 5.91 Å². The number of aromatic nitrogens is 3. The molecule has 398 valence electrons. The number of carbonyl (C=O) groups excluding carboxylic acids is 5. The van der Waals surface area contributed by atoms with Gasteiger partial charge in [-0.2, -0.15) is 13.2 Å². The molecule has 0 radical (unpaired) electrons. The van der Waals surface area contributed by atoms with Crippen LogP contribution in [0, 0.1) is 11.8 Å². The summed E-state index contributed by atoms with van der Waals surface area (Å²) < 4.78 is 52.1. The molecule has 2 aromatic carbocycles. The van der Waals surface area contributed by atoms with E-state index >= 15 is 0 Å². The maximum absolute atomic E-state index is 14.1. The molecule has 1 aliphatic carbocycles. The second-order valence-corrected chi connectivity index (χ2v) is 20.0. The fourth-order valence-electron chi connectivity index (χ4n) is 10.8. The molecular formula is C53H68F3N11O7. The molecular weight excluding hydrogens is 960 g/mol. The molecule has 2 aromatic heterocycles. The SMILES string of the molecule is CC(C)N(C)[C@@H]1CC[C@H](N2CC[C@H](Nc3ncnc4ccc(C(F)(F)F)cc34)C2=O)[C@H](NC(=O)C2CCN(c3ccc(C(=O)NCCOCCOCCNC(=O)[C@H]4CC(=O)N(C)[C@@H]4c4cccnc4)cc3)CC2)C1. The minimum absolute atomic E-state index is 0.0324. The van der Waals surface area contributed by atoms with Crippen molar-refractivity contribution < 1.29 is 46.6 Å². The van der Waals surface area contributed by atoms with Gasteiger partial charge < -0.3 is 50.3 Å². The quantitative estimate of drug-likeness (QED) is 0.0879. The lowest BCUT2D eigenvalue weighted by Gasteiger charge is -2.45. The molecule has 4 fully saturated rings. The Morgan fingerprint density at radius 3 is 2.28 bits per heavy atom. The van der Waals surface area contributed by atoms with Crippen molar-refractivity contribution in [3.05, 3.63) is 90.0 Å². The first kappa shape index (κ1) is 53.8. The molecule has 0 spiro atoms. The van der Waals surface area contributed by atoms with Gasteiger partial charge in [0.15, 0.2) is 0 Å². The molecule has 6 atom stereocenters. The third kappa shape index (κ3) is 12.9. The molecule has 3 aliphatic heterocycles. The van der Waals surface area contributed by atoms with Crippen molar-refractivity contribution >= 4 is 51.9 Å². The number of likely N-dealkylation sites (tertiary alicyclic amines) is 2. The number of halogens is 3. The van der Waals surface area contributed by atoms with Gasteiger partial charge in [-0.3, -0.25) is 29.0 Å². The molecule has 74 heavy (non-hydrogen) atoms. The highest BCUT2D eigenvalue weighted by atomic mass is 19.4. The number of alkyl halides is 3. The second kappa shape index (κ2) is 24.3. The van der Waals surface area contributed by atoms with E-state index in [1.54, 1.807) is 42.5 Å². The number of fused-ring (bicyclic) bond motifs is 1. The topological polar surface area (TPSA) is 204 Å². The van der Waals surface area contributed by atoms with Crippen LogP contribution in [-0.2, 0) is 34.8 Å². The van der Waals surface area contributed by atoms with Crippen LogP contribution < -0.4 is 26.2 Å². The number of carbonyl (C=O) groups is 5. The van der Waals surface area contributed by atoms with E-state index in [4.69, 9.17) is 9.47 Å². The number of ether oxygens (including phenoxy) is 2. The third-order valence-electron chi connectivity index (χ3n) is 15.2. The molecule has 0 bridgehead atoms. The standard InChI is InChI=1S/C53H68F3N11O7/c1-33(2)64(3)39-12-14-45(67-23-17-43(52(67)72)62-48-40-28-37(53(54,55)56)9-13-42(40)60-32-61-48)44(29-39)63-50(70)35-15-21-66(22-16-35)38-10-7-34(8-11-38)49(69)58-19-24-73-26-27-74-25-20-59-51(71)41-30-46(68)65(4)47(41)36-6-5-18-57-31-36/h5-11,13,18,28,31-33,35,39,41,43-45,47H,12,14-17,19-27,29-30H2,1-4H3,(H,58,69)(H,59,71)(H,63,70)(H,60,61,62)/t39-,41+,43+,44-,45+,47-/m1/s1. The maximum Gasteiger partial charge on any atom is 0.416 e. The van der Waals surface area contributed by atoms with Gasteiger partial charge in [-0.25, -0.2) is 9.97 Å². The summed E-state index contributed by atoms with van der Waals surface area (Å²) in [5.41, 5.74) is 1.79. The summed E-state index contributed by atoms with van der Waals surface area (Å²) >= 11 is 0. The van der Waals surface area contributed by atoms with Crippen LogP contribution in [0.3, 0.4) is 0 Å². The molecule has 4 aliphatic rings. The highest BCUT2D eigenvalue weighted by Gasteiger charge is 2.45. The van der Waals surface area contributed by atoms with E-state index in [1.807, 2.05) is 23.1 Å². The minimum Gasteiger partial charge on any atom is -0.377 e. The number of hydrogen-bond donors (Lipinski definition) is 4. The Kier molecular flexibility index (Phi) is 17.7. The molecule has 5 amide bonds. The summed E-state index contributed by atoms with van der Waals surface area (Å²) in [4.78, 5) is 86.9. The summed E-state index contributed by atoms with van der Waals surface area (Å²) in [5.74, 6) is -1.29. The zero-order chi connectivity index (χ0) is 52.5. The lowest BCUT2D eigenvalue weighted by molar-refractivity contribution is -0.137. The van der Waals surface area contributed by atoms with Crippen molar-refractivity contribution in [2.45, 2.75) is 101 Å². The second-order valence-electron chi connectivity index (χ2n) is 20.0. The van der Waals surface area contributed by atoms with Crippen molar-refractivity contribution in [1.82, 2.24) is 45.6 Å². The molecule has 0 unspecified atom stereocenters. The summed E-state index contributed by atoms with van der Waals surface area (Å²) in [7, 11) is 3.79. The average molecular weight is 1030 g/mol. The van der Waals surface area contributed by atoms with Gasteiger partial charge in [-0.1, -0.05) is 6.07 Å². The van der Waals surface area contributed by atoms with Crippen molar-refractivity contribution in [3.8, 4) is 0 Å². The van der Waals surface area contributed by atoms with E-state index in [9.17, 15) is 37.1 Å². The average Bonchev–Trinajstić information content (AvgIpc) is 3.92. The van der Waals surface area contributed by atoms with Gasteiger partial charge in [-0.05, 0) is 114 Å². The molecule has 21 heteroatoms. The lowest BCUT2D eigenvalue weighted by Crippen LogP contribution is -2.59. The van der Waals surface area contributed by atoms with E-state index in [0.29, 0.717) is 95.7 Å². The van der Waals surface area contributed by atoms with Crippen LogP contribution in [0.25, 0.3) is 10.9 Å². The van der Waals surface area contributed by atoms with Crippen LogP contribution in [0.1, 0.15) is 86.3 Å². The minimum atomic E-state index is -4.55. The van der Waals surface area contributed by atoms with Crippen molar-refractivity contribution in [2.75, 3.05) is 83.5 Å². The van der Waals surface area contributed by atoms with Gasteiger partial charge in [0, 0.05) is 93.2 Å². The molecule has 3 saturated heterocycles. The Morgan fingerprint density at radius 2 is 1.59 bits per heavy atom. The first-order chi connectivity index (χ1) is 35.6. The van der Waals surface area contributed by atoms with E-state index in [2.05, 4.69) is 66.9 Å². The third-order valence-corrected chi connectivity index (χ3v) is 15.2. The van der Waals surface area contributed by atoms with Crippen LogP contribution in [-0.4, -0.2) is 163 Å². The fraction of sp³-hybridized carbons (Fsp3) is 0.547. The highest BCUT2D eigenvalue weighted by molar-refractivity contribution is 5.95. The Balaban J connectivity index is 0.747. The number of rotatable bonds is 20. The van der Waals surface area contributed by atoms with E-state index in [-0.39, 0.29) is 89.9 Å². The maximum atomic E-state index is 14.1. The van der Waals surface area contributed by atoms with Gasteiger partial charge >= 0.3 is 6.18 Å². The Labute approximate surface area is 429 Å². The molecule has 4 aromatic rings. The predicted molar refractivity (Wildman–Crippen MR) is 271 cm³/mol. The zero-order valence-corrected chi connectivity index (χ0v) is 42.5. The number of pyridine rings is 1. The van der Waals surface area contributed by atoms with Gasteiger partial charge in [-0.15, -0.1) is 0 Å². The van der Waals surface area contributed by atoms with Crippen molar-refractivity contribution in [1.29, 1.82) is 0 Å². The van der Waals surface area contributed by atoms with Crippen LogP contribution in [0.5, 0.6) is 0 Å². The number of nitrogens with one attached hydrogen (secondary N) is 4. The monoisotopic (exact) mass is 1030 g/mol. The summed E-state index contributed by atoms with van der Waals surface area (Å²) in [6.07, 6.45) is 4.10. The summed E-state index contributed by atoms with van der Waals surface area (Å²) in [6, 6.07) is 13.2. The van der Waals surface area contributed by atoms with Crippen LogP contribution in [0.4, 0.5) is 24.7 Å². The first-order valence-corrected chi connectivity index (χ1v) is 25.7. The number of nitrogens with zero attached hydrogens (tertiary/aromatic N) is 7. The Morgan fingerprint density at radius 1 is 0.865 bits per heavy atom. The Bertz CT molecular complexity index is 2590. The van der Waals surface area contributed by atoms with Crippen LogP contribution in [0.15, 0.2) is 73.3 Å². The summed E-state index contributed by atoms with van der Waals surface area (Å²) in [5, 5.41) is 12.5. The molecule has 4 N–H and O–H groups in total. The van der Waals surface area contributed by atoms with Crippen LogP contribution >= 0.6 is 0 Å². The van der Waals surface area contributed by atoms with Crippen molar-refractivity contribution in [2.24, 2.45) is 11.8 Å². The van der Waals surface area contributed by atoms with E-state index < -0.39 is 23.7 Å². The normalized spacial score (nSPS) is 22.7. The van der Waals surface area contributed by atoms with E-state index in [0.717, 1.165) is 29.8 Å². The van der Waals surface area contributed by atoms with Gasteiger partial charge in [0.1, 0.15) is 18.2 Å². The van der Waals surface area contributed by atoms with Crippen molar-refractivity contribution in [3.63, 3.8) is 0 Å². The highest BCUT2D eigenvalue weighted by Crippen LogP contribution is 2.38. The Hall–Kier alpha value is -6.45. The molecule has 18 nitrogen and oxygen atoms in total. The molecule has 8 rings (SSSR count). The van der Waals surface area contributed by atoms with Gasteiger partial charge in [0.2, 0.25) is 23.6 Å². The number of amides is 5. The molecule has 1 saturated carbocycles. The number of anilines is 2. The number of piperidine rings is 1. The first-order valence-electron chi connectivity index (χ1n) is 25.7. The van der Waals surface area contributed by atoms with Gasteiger partial charge in [0.05, 0.1) is 61.6 Å². The lowest BCUT2D eigenvalue weighted by atomic mass is 9.84. The molecule has 5 heterocycles. The van der Waals surface area contributed by atoms with Crippen LogP contribution in [0.2, 0.25) is 0 Å². The zero-order valence-electron chi connectivity index (χ0n) is 42.5. The largest absolute Gasteiger partial charge is 0.416 e. The predicted octanol–water partition coefficient (Wildman–Crippen LogP) is 4.82. The van der Waals surface area contributed by atoms with E-state index in [1.165, 1.54) is 12.4 Å². The fourth-order valence-corrected chi connectivity index (χ4v) is 10.8. The smallest absolute Gasteiger partial charge is 0.377 e. The summed E-state index contributed by atoms with van der Waals surface area (Å²) in [6.45, 7) is 7.81. The number of hydrogen-bond acceptors (Lipinski definition) is 13.